The molecule has 0 amide bonds. The molecule has 5 heteroatoms. The van der Waals surface area contributed by atoms with Gasteiger partial charge in [0.25, 0.3) is 0 Å². The van der Waals surface area contributed by atoms with E-state index >= 15 is 0 Å². The molecule has 2 unspecified atom stereocenters. The van der Waals surface area contributed by atoms with Crippen LogP contribution in [0.5, 0.6) is 0 Å². The number of anilines is 1. The van der Waals surface area contributed by atoms with Crippen molar-refractivity contribution >= 4 is 29.2 Å². The van der Waals surface area contributed by atoms with E-state index in [0.29, 0.717) is 16.6 Å². The van der Waals surface area contributed by atoms with Crippen LogP contribution in [0.25, 0.3) is 0 Å². The third-order valence-electron chi connectivity index (χ3n) is 2.79. The molecule has 1 aliphatic heterocycles. The molecule has 82 valence electrons. The second kappa shape index (κ2) is 4.58. The molecular formula is C10H14ClN3S. The van der Waals surface area contributed by atoms with E-state index in [1.807, 2.05) is 17.8 Å². The molecule has 1 fully saturated rings. The number of rotatable bonds is 1. The van der Waals surface area contributed by atoms with Crippen LogP contribution in [0.1, 0.15) is 13.8 Å². The van der Waals surface area contributed by atoms with Gasteiger partial charge in [-0.2, -0.15) is 11.8 Å². The van der Waals surface area contributed by atoms with Crippen molar-refractivity contribution in [3.8, 4) is 0 Å². The van der Waals surface area contributed by atoms with Gasteiger partial charge in [-0.25, -0.2) is 9.97 Å². The summed E-state index contributed by atoms with van der Waals surface area (Å²) < 4.78 is 0. The molecule has 3 nitrogen and oxygen atoms in total. The number of hydrogen-bond donors (Lipinski definition) is 0. The highest BCUT2D eigenvalue weighted by molar-refractivity contribution is 8.00. The minimum atomic E-state index is 0.325. The predicted octanol–water partition coefficient (Wildman–Crippen LogP) is 2.46. The topological polar surface area (TPSA) is 29.0 Å². The van der Waals surface area contributed by atoms with Gasteiger partial charge in [0.2, 0.25) is 5.28 Å². The summed E-state index contributed by atoms with van der Waals surface area (Å²) in [5.41, 5.74) is 0. The summed E-state index contributed by atoms with van der Waals surface area (Å²) in [7, 11) is 0. The highest BCUT2D eigenvalue weighted by atomic mass is 35.5. The number of nitrogens with zero attached hydrogens (tertiary/aromatic N) is 3. The maximum Gasteiger partial charge on any atom is 0.224 e. The van der Waals surface area contributed by atoms with Gasteiger partial charge in [0.15, 0.2) is 0 Å². The maximum absolute atomic E-state index is 5.79. The molecule has 0 aromatic carbocycles. The van der Waals surface area contributed by atoms with Crippen molar-refractivity contribution in [2.24, 2.45) is 0 Å². The van der Waals surface area contributed by atoms with E-state index in [9.17, 15) is 0 Å². The molecule has 0 radical (unpaired) electrons. The van der Waals surface area contributed by atoms with E-state index in [4.69, 9.17) is 11.6 Å². The average Bonchev–Trinajstić information content (AvgIpc) is 2.22. The Kier molecular flexibility index (Phi) is 3.36. The highest BCUT2D eigenvalue weighted by Gasteiger charge is 2.26. The monoisotopic (exact) mass is 243 g/mol. The molecule has 0 aliphatic carbocycles. The average molecular weight is 244 g/mol. The van der Waals surface area contributed by atoms with Crippen LogP contribution in [0.4, 0.5) is 5.82 Å². The third kappa shape index (κ3) is 2.37. The minimum absolute atomic E-state index is 0.325. The van der Waals surface area contributed by atoms with Crippen LogP contribution in [-0.2, 0) is 0 Å². The first-order valence-corrected chi connectivity index (χ1v) is 6.48. The van der Waals surface area contributed by atoms with E-state index < -0.39 is 0 Å². The molecule has 2 rings (SSSR count). The molecule has 0 saturated carbocycles. The van der Waals surface area contributed by atoms with Crippen LogP contribution in [-0.4, -0.2) is 33.6 Å². The predicted molar refractivity (Wildman–Crippen MR) is 65.8 cm³/mol. The molecular weight excluding hydrogens is 230 g/mol. The maximum atomic E-state index is 5.79. The molecule has 1 aliphatic rings. The third-order valence-corrected chi connectivity index (χ3v) is 4.31. The van der Waals surface area contributed by atoms with Crippen molar-refractivity contribution in [2.45, 2.75) is 25.1 Å². The second-order valence-corrected chi connectivity index (χ2v) is 5.52. The lowest BCUT2D eigenvalue weighted by molar-refractivity contribution is 0.619. The fourth-order valence-electron chi connectivity index (χ4n) is 1.74. The molecule has 1 aromatic heterocycles. The van der Waals surface area contributed by atoms with Gasteiger partial charge in [0.1, 0.15) is 5.82 Å². The van der Waals surface area contributed by atoms with E-state index in [1.54, 1.807) is 6.20 Å². The van der Waals surface area contributed by atoms with Crippen LogP contribution >= 0.6 is 23.4 Å². The smallest absolute Gasteiger partial charge is 0.224 e. The van der Waals surface area contributed by atoms with Crippen molar-refractivity contribution in [3.63, 3.8) is 0 Å². The van der Waals surface area contributed by atoms with E-state index in [1.165, 1.54) is 0 Å². The van der Waals surface area contributed by atoms with E-state index in [-0.39, 0.29) is 0 Å². The van der Waals surface area contributed by atoms with Crippen LogP contribution in [0, 0.1) is 0 Å². The number of hydrogen-bond acceptors (Lipinski definition) is 4. The van der Waals surface area contributed by atoms with E-state index in [0.717, 1.165) is 18.1 Å². The highest BCUT2D eigenvalue weighted by Crippen LogP contribution is 2.27. The second-order valence-electron chi connectivity index (χ2n) is 3.69. The Labute approximate surface area is 99.2 Å². The molecule has 2 atom stereocenters. The van der Waals surface area contributed by atoms with Crippen LogP contribution in [0.3, 0.4) is 0 Å². The molecule has 1 saturated heterocycles. The Hall–Kier alpha value is -0.480. The number of thioether (sulfide) groups is 1. The zero-order valence-electron chi connectivity index (χ0n) is 8.85. The first-order valence-electron chi connectivity index (χ1n) is 5.05. The number of halogens is 1. The molecule has 15 heavy (non-hydrogen) atoms. The Morgan fingerprint density at radius 1 is 1.53 bits per heavy atom. The lowest BCUT2D eigenvalue weighted by atomic mass is 10.2. The normalized spacial score (nSPS) is 26.7. The van der Waals surface area contributed by atoms with Crippen molar-refractivity contribution in [1.82, 2.24) is 9.97 Å². The molecule has 2 heterocycles. The minimum Gasteiger partial charge on any atom is -0.352 e. The van der Waals surface area contributed by atoms with Gasteiger partial charge in [0, 0.05) is 29.8 Å². The summed E-state index contributed by atoms with van der Waals surface area (Å²) in [6.45, 7) is 5.51. The Bertz CT molecular complexity index is 347. The lowest BCUT2D eigenvalue weighted by Gasteiger charge is -2.38. The zero-order valence-corrected chi connectivity index (χ0v) is 10.4. The summed E-state index contributed by atoms with van der Waals surface area (Å²) in [6.07, 6.45) is 1.71. The van der Waals surface area contributed by atoms with Gasteiger partial charge < -0.3 is 4.90 Å². The van der Waals surface area contributed by atoms with Gasteiger partial charge in [-0.3, -0.25) is 0 Å². The first kappa shape index (κ1) is 11.0. The van der Waals surface area contributed by atoms with Crippen molar-refractivity contribution in [3.05, 3.63) is 17.5 Å². The summed E-state index contributed by atoms with van der Waals surface area (Å²) >= 11 is 7.80. The fraction of sp³-hybridized carbons (Fsp3) is 0.600. The zero-order chi connectivity index (χ0) is 10.8. The van der Waals surface area contributed by atoms with Crippen LogP contribution in [0.2, 0.25) is 5.28 Å². The van der Waals surface area contributed by atoms with Gasteiger partial charge in [-0.15, -0.1) is 0 Å². The number of aromatic nitrogens is 2. The van der Waals surface area contributed by atoms with Crippen LogP contribution < -0.4 is 4.90 Å². The largest absolute Gasteiger partial charge is 0.352 e. The Morgan fingerprint density at radius 2 is 2.33 bits per heavy atom. The molecule has 0 spiro atoms. The van der Waals surface area contributed by atoms with Crippen molar-refractivity contribution < 1.29 is 0 Å². The SMILES string of the molecule is CC1SCCN(c2ccnc(Cl)n2)C1C. The summed E-state index contributed by atoms with van der Waals surface area (Å²) in [5.74, 6) is 2.09. The Balaban J connectivity index is 2.22. The summed E-state index contributed by atoms with van der Waals surface area (Å²) in [6, 6.07) is 2.42. The lowest BCUT2D eigenvalue weighted by Crippen LogP contribution is -2.45. The molecule has 1 aromatic rings. The van der Waals surface area contributed by atoms with Gasteiger partial charge in [0.05, 0.1) is 0 Å². The Morgan fingerprint density at radius 3 is 3.07 bits per heavy atom. The first-order chi connectivity index (χ1) is 7.18. The van der Waals surface area contributed by atoms with Crippen molar-refractivity contribution in [1.29, 1.82) is 0 Å². The van der Waals surface area contributed by atoms with Gasteiger partial charge in [-0.05, 0) is 24.6 Å². The molecule has 0 bridgehead atoms. The van der Waals surface area contributed by atoms with Gasteiger partial charge in [-0.1, -0.05) is 6.92 Å². The summed E-state index contributed by atoms with van der Waals surface area (Å²) in [4.78, 5) is 10.5. The van der Waals surface area contributed by atoms with Crippen molar-refractivity contribution in [2.75, 3.05) is 17.2 Å². The fourth-order valence-corrected chi connectivity index (χ4v) is 2.98. The van der Waals surface area contributed by atoms with Gasteiger partial charge >= 0.3 is 0 Å². The quantitative estimate of drug-likeness (QED) is 0.709. The van der Waals surface area contributed by atoms with Crippen LogP contribution in [0.15, 0.2) is 12.3 Å². The standard InChI is InChI=1S/C10H14ClN3S/c1-7-8(2)15-6-5-14(7)9-3-4-12-10(11)13-9/h3-4,7-8H,5-6H2,1-2H3. The summed E-state index contributed by atoms with van der Waals surface area (Å²) in [5, 5.41) is 0.957. The van der Waals surface area contributed by atoms with E-state index in [2.05, 4.69) is 28.7 Å². The molecule has 0 N–H and O–H groups in total.